The van der Waals surface area contributed by atoms with Gasteiger partial charge in [-0.2, -0.15) is 0 Å². The Morgan fingerprint density at radius 1 is 1.44 bits per heavy atom. The predicted octanol–water partition coefficient (Wildman–Crippen LogP) is 2.98. The Bertz CT molecular complexity index is 397. The van der Waals surface area contributed by atoms with E-state index in [1.807, 2.05) is 19.1 Å². The summed E-state index contributed by atoms with van der Waals surface area (Å²) < 4.78 is 0. The van der Waals surface area contributed by atoms with E-state index < -0.39 is 0 Å². The molecule has 3 nitrogen and oxygen atoms in total. The zero-order valence-electron chi connectivity index (χ0n) is 11.1. The Morgan fingerprint density at radius 2 is 2.22 bits per heavy atom. The van der Waals surface area contributed by atoms with Crippen LogP contribution in [-0.2, 0) is 11.3 Å². The van der Waals surface area contributed by atoms with Gasteiger partial charge in [0.2, 0.25) is 5.91 Å². The van der Waals surface area contributed by atoms with Gasteiger partial charge in [-0.25, -0.2) is 0 Å². The van der Waals surface area contributed by atoms with Crippen LogP contribution >= 0.6 is 0 Å². The average molecular weight is 246 g/mol. The Balaban J connectivity index is 1.69. The minimum Gasteiger partial charge on any atom is -0.350 e. The van der Waals surface area contributed by atoms with E-state index in [0.29, 0.717) is 13.0 Å². The van der Waals surface area contributed by atoms with Crippen LogP contribution < -0.4 is 5.32 Å². The number of carbonyl (C=O) groups is 1. The average Bonchev–Trinajstić information content (AvgIpc) is 2.88. The molecule has 0 unspecified atom stereocenters. The molecule has 1 aromatic rings. The quantitative estimate of drug-likeness (QED) is 0.867. The van der Waals surface area contributed by atoms with Crippen LogP contribution in [-0.4, -0.2) is 10.9 Å². The van der Waals surface area contributed by atoms with E-state index in [-0.39, 0.29) is 5.91 Å². The summed E-state index contributed by atoms with van der Waals surface area (Å²) in [7, 11) is 0. The highest BCUT2D eigenvalue weighted by Gasteiger charge is 2.16. The van der Waals surface area contributed by atoms with Gasteiger partial charge < -0.3 is 5.32 Å². The molecule has 0 saturated heterocycles. The highest BCUT2D eigenvalue weighted by atomic mass is 16.1. The summed E-state index contributed by atoms with van der Waals surface area (Å²) in [6.45, 7) is 2.57. The Kier molecular flexibility index (Phi) is 4.73. The van der Waals surface area contributed by atoms with Crippen LogP contribution in [0.1, 0.15) is 49.8 Å². The summed E-state index contributed by atoms with van der Waals surface area (Å²) in [5, 5.41) is 2.96. The van der Waals surface area contributed by atoms with E-state index in [1.54, 1.807) is 6.20 Å². The van der Waals surface area contributed by atoms with Crippen molar-refractivity contribution in [1.29, 1.82) is 0 Å². The first kappa shape index (κ1) is 13.1. The minimum absolute atomic E-state index is 0.159. The molecule has 3 heteroatoms. The second kappa shape index (κ2) is 6.53. The molecule has 0 radical (unpaired) electrons. The van der Waals surface area contributed by atoms with Crippen LogP contribution in [0.25, 0.3) is 0 Å². The number of aryl methyl sites for hydroxylation is 1. The number of rotatable bonds is 5. The Hall–Kier alpha value is -1.38. The summed E-state index contributed by atoms with van der Waals surface area (Å²) in [5.41, 5.74) is 2.10. The zero-order valence-corrected chi connectivity index (χ0v) is 11.1. The van der Waals surface area contributed by atoms with Gasteiger partial charge in [0.05, 0.1) is 12.2 Å². The van der Waals surface area contributed by atoms with Gasteiger partial charge >= 0.3 is 0 Å². The smallest absolute Gasteiger partial charge is 0.220 e. The lowest BCUT2D eigenvalue weighted by Gasteiger charge is -2.09. The molecule has 0 bridgehead atoms. The van der Waals surface area contributed by atoms with Gasteiger partial charge in [0.15, 0.2) is 0 Å². The lowest BCUT2D eigenvalue weighted by Crippen LogP contribution is -2.24. The van der Waals surface area contributed by atoms with Crippen molar-refractivity contribution in [3.8, 4) is 0 Å². The summed E-state index contributed by atoms with van der Waals surface area (Å²) >= 11 is 0. The first-order valence-corrected chi connectivity index (χ1v) is 6.93. The molecule has 1 heterocycles. The van der Waals surface area contributed by atoms with Crippen molar-refractivity contribution in [3.05, 3.63) is 29.6 Å². The second-order valence-corrected chi connectivity index (χ2v) is 5.23. The number of nitrogens with zero attached hydrogens (tertiary/aromatic N) is 1. The van der Waals surface area contributed by atoms with Gasteiger partial charge in [-0.15, -0.1) is 0 Å². The van der Waals surface area contributed by atoms with E-state index in [2.05, 4.69) is 10.3 Å². The van der Waals surface area contributed by atoms with E-state index >= 15 is 0 Å². The third-order valence-electron chi connectivity index (χ3n) is 3.83. The number of amides is 1. The van der Waals surface area contributed by atoms with Crippen LogP contribution in [0, 0.1) is 12.8 Å². The molecule has 1 aliphatic carbocycles. The predicted molar refractivity (Wildman–Crippen MR) is 72.0 cm³/mol. The van der Waals surface area contributed by atoms with Gasteiger partial charge in [-0.05, 0) is 30.9 Å². The number of aromatic nitrogens is 1. The number of pyridine rings is 1. The maximum Gasteiger partial charge on any atom is 0.220 e. The largest absolute Gasteiger partial charge is 0.350 e. The molecule has 0 atom stereocenters. The first-order valence-electron chi connectivity index (χ1n) is 6.93. The molecule has 1 aromatic heterocycles. The number of nitrogens with one attached hydrogen (secondary N) is 1. The summed E-state index contributed by atoms with van der Waals surface area (Å²) in [6.07, 6.45) is 8.80. The molecule has 1 aliphatic rings. The van der Waals surface area contributed by atoms with E-state index in [1.165, 1.54) is 25.7 Å². The lowest BCUT2D eigenvalue weighted by atomic mass is 10.0. The molecular formula is C15H22N2O. The first-order chi connectivity index (χ1) is 8.75. The van der Waals surface area contributed by atoms with Gasteiger partial charge in [-0.3, -0.25) is 9.78 Å². The van der Waals surface area contributed by atoms with Crippen molar-refractivity contribution in [2.75, 3.05) is 0 Å². The number of hydrogen-bond acceptors (Lipinski definition) is 2. The monoisotopic (exact) mass is 246 g/mol. The molecule has 1 N–H and O–H groups in total. The topological polar surface area (TPSA) is 42.0 Å². The highest BCUT2D eigenvalue weighted by Crippen LogP contribution is 2.28. The fraction of sp³-hybridized carbons (Fsp3) is 0.600. The van der Waals surface area contributed by atoms with Crippen LogP contribution in [0.2, 0.25) is 0 Å². The molecule has 0 aromatic carbocycles. The van der Waals surface area contributed by atoms with Gasteiger partial charge in [0.25, 0.3) is 0 Å². The van der Waals surface area contributed by atoms with E-state index in [9.17, 15) is 4.79 Å². The van der Waals surface area contributed by atoms with Gasteiger partial charge in [-0.1, -0.05) is 31.7 Å². The summed E-state index contributed by atoms with van der Waals surface area (Å²) in [4.78, 5) is 16.0. The molecule has 18 heavy (non-hydrogen) atoms. The number of carbonyl (C=O) groups excluding carboxylic acids is 1. The van der Waals surface area contributed by atoms with Crippen molar-refractivity contribution in [1.82, 2.24) is 10.3 Å². The van der Waals surface area contributed by atoms with Crippen molar-refractivity contribution in [2.24, 2.45) is 5.92 Å². The molecule has 2 rings (SSSR count). The summed E-state index contributed by atoms with van der Waals surface area (Å²) in [5.74, 6) is 0.944. The Morgan fingerprint density at radius 3 is 2.94 bits per heavy atom. The second-order valence-electron chi connectivity index (χ2n) is 5.23. The van der Waals surface area contributed by atoms with Crippen molar-refractivity contribution >= 4 is 5.91 Å². The maximum absolute atomic E-state index is 11.7. The molecular weight excluding hydrogens is 224 g/mol. The normalized spacial score (nSPS) is 15.8. The van der Waals surface area contributed by atoms with Crippen LogP contribution in [0.15, 0.2) is 18.3 Å². The molecule has 1 fully saturated rings. The van der Waals surface area contributed by atoms with Crippen LogP contribution in [0.5, 0.6) is 0 Å². The van der Waals surface area contributed by atoms with Crippen molar-refractivity contribution in [2.45, 2.75) is 52.0 Å². The third-order valence-corrected chi connectivity index (χ3v) is 3.83. The third kappa shape index (κ3) is 3.83. The Labute approximate surface area is 109 Å². The lowest BCUT2D eigenvalue weighted by molar-refractivity contribution is -0.121. The highest BCUT2D eigenvalue weighted by molar-refractivity contribution is 5.75. The fourth-order valence-corrected chi connectivity index (χ4v) is 2.61. The summed E-state index contributed by atoms with van der Waals surface area (Å²) in [6, 6.07) is 3.94. The molecule has 98 valence electrons. The molecule has 1 saturated carbocycles. The maximum atomic E-state index is 11.7. The molecule has 0 aliphatic heterocycles. The van der Waals surface area contributed by atoms with Crippen LogP contribution in [0.3, 0.4) is 0 Å². The van der Waals surface area contributed by atoms with Crippen molar-refractivity contribution < 1.29 is 4.79 Å². The SMILES string of the molecule is Cc1cccnc1CNC(=O)CCC1CCCC1. The van der Waals surface area contributed by atoms with E-state index in [4.69, 9.17) is 0 Å². The minimum atomic E-state index is 0.159. The zero-order chi connectivity index (χ0) is 12.8. The van der Waals surface area contributed by atoms with Gasteiger partial charge in [0, 0.05) is 12.6 Å². The standard InChI is InChI=1S/C15H22N2O/c1-12-5-4-10-16-14(12)11-17-15(18)9-8-13-6-2-3-7-13/h4-5,10,13H,2-3,6-9,11H2,1H3,(H,17,18). The van der Waals surface area contributed by atoms with Crippen molar-refractivity contribution in [3.63, 3.8) is 0 Å². The molecule has 0 spiro atoms. The van der Waals surface area contributed by atoms with Gasteiger partial charge in [0.1, 0.15) is 0 Å². The fourth-order valence-electron chi connectivity index (χ4n) is 2.61. The molecule has 1 amide bonds. The number of hydrogen-bond donors (Lipinski definition) is 1. The van der Waals surface area contributed by atoms with Crippen LogP contribution in [0.4, 0.5) is 0 Å². The van der Waals surface area contributed by atoms with E-state index in [0.717, 1.165) is 23.6 Å².